The van der Waals surface area contributed by atoms with Crippen molar-refractivity contribution in [1.29, 1.82) is 0 Å². The van der Waals surface area contributed by atoms with E-state index in [1.165, 1.54) is 61.7 Å². The zero-order valence-corrected chi connectivity index (χ0v) is 17.5. The molecule has 0 saturated carbocycles. The van der Waals surface area contributed by atoms with Crippen LogP contribution in [0.5, 0.6) is 0 Å². The van der Waals surface area contributed by atoms with E-state index in [-0.39, 0.29) is 5.91 Å². The Bertz CT molecular complexity index is 807. The fourth-order valence-electron chi connectivity index (χ4n) is 5.30. The number of aromatic nitrogens is 1. The first kappa shape index (κ1) is 19.5. The molecule has 2 aliphatic heterocycles. The molecule has 2 aromatic rings. The molecule has 152 valence electrons. The number of hydrogen-bond acceptors (Lipinski definition) is 2. The number of fused-ring (bicyclic) bond motifs is 2. The highest BCUT2D eigenvalue weighted by molar-refractivity contribution is 5.85. The molecule has 0 radical (unpaired) electrons. The zero-order chi connectivity index (χ0) is 19.5. The van der Waals surface area contributed by atoms with Crippen LogP contribution in [0.1, 0.15) is 64.0 Å². The fourth-order valence-corrected chi connectivity index (χ4v) is 5.30. The van der Waals surface area contributed by atoms with Crippen molar-refractivity contribution < 1.29 is 4.79 Å². The summed E-state index contributed by atoms with van der Waals surface area (Å²) in [5.74, 6) is 0.843. The van der Waals surface area contributed by atoms with Crippen LogP contribution in [0.2, 0.25) is 0 Å². The second kappa shape index (κ2) is 8.69. The maximum absolute atomic E-state index is 12.6. The summed E-state index contributed by atoms with van der Waals surface area (Å²) < 4.78 is 2.32. The normalized spacial score (nSPS) is 23.1. The number of rotatable bonds is 6. The number of nitrogens with zero attached hydrogens (tertiary/aromatic N) is 2. The van der Waals surface area contributed by atoms with Crippen LogP contribution in [0.3, 0.4) is 0 Å². The predicted octanol–water partition coefficient (Wildman–Crippen LogP) is 4.54. The van der Waals surface area contributed by atoms with Crippen LogP contribution in [0.25, 0.3) is 10.9 Å². The lowest BCUT2D eigenvalue weighted by Crippen LogP contribution is -2.51. The quantitative estimate of drug-likeness (QED) is 0.798. The Labute approximate surface area is 169 Å². The highest BCUT2D eigenvalue weighted by Gasteiger charge is 2.32. The molecule has 0 unspecified atom stereocenters. The van der Waals surface area contributed by atoms with Crippen LogP contribution in [0.15, 0.2) is 30.5 Å². The predicted molar refractivity (Wildman–Crippen MR) is 116 cm³/mol. The van der Waals surface area contributed by atoms with Crippen molar-refractivity contribution in [1.82, 2.24) is 14.8 Å². The molecule has 1 N–H and O–H groups in total. The van der Waals surface area contributed by atoms with Gasteiger partial charge in [-0.25, -0.2) is 0 Å². The van der Waals surface area contributed by atoms with Gasteiger partial charge in [0, 0.05) is 42.1 Å². The van der Waals surface area contributed by atoms with Crippen LogP contribution in [-0.4, -0.2) is 41.1 Å². The topological polar surface area (TPSA) is 37.3 Å². The van der Waals surface area contributed by atoms with E-state index >= 15 is 0 Å². The molecule has 2 fully saturated rings. The van der Waals surface area contributed by atoms with E-state index in [1.54, 1.807) is 0 Å². The van der Waals surface area contributed by atoms with Gasteiger partial charge in [0.25, 0.3) is 0 Å². The lowest BCUT2D eigenvalue weighted by atomic mass is 9.83. The first-order valence-corrected chi connectivity index (χ1v) is 11.2. The Morgan fingerprint density at radius 2 is 1.96 bits per heavy atom. The second-order valence-electron chi connectivity index (χ2n) is 8.98. The van der Waals surface area contributed by atoms with Crippen molar-refractivity contribution >= 4 is 16.8 Å². The number of carbonyl (C=O) groups excluding carboxylic acids is 1. The average molecular weight is 382 g/mol. The van der Waals surface area contributed by atoms with Crippen LogP contribution in [-0.2, 0) is 11.2 Å². The molecule has 4 heteroatoms. The van der Waals surface area contributed by atoms with Crippen LogP contribution in [0, 0.1) is 5.92 Å². The minimum atomic E-state index is 0.203. The summed E-state index contributed by atoms with van der Waals surface area (Å²) >= 11 is 0. The molecular weight excluding hydrogens is 346 g/mol. The average Bonchev–Trinajstić information content (AvgIpc) is 3.10. The molecule has 0 spiro atoms. The molecule has 0 bridgehead atoms. The number of para-hydroxylation sites is 1. The Hall–Kier alpha value is -1.81. The van der Waals surface area contributed by atoms with Gasteiger partial charge in [0.1, 0.15) is 0 Å². The number of benzene rings is 1. The molecule has 3 heterocycles. The summed E-state index contributed by atoms with van der Waals surface area (Å²) in [7, 11) is 0. The van der Waals surface area contributed by atoms with Gasteiger partial charge in [0.05, 0.1) is 0 Å². The van der Waals surface area contributed by atoms with Crippen molar-refractivity contribution in [3.63, 3.8) is 0 Å². The van der Waals surface area contributed by atoms with E-state index in [0.717, 1.165) is 13.0 Å². The summed E-state index contributed by atoms with van der Waals surface area (Å²) in [5, 5.41) is 4.55. The summed E-state index contributed by atoms with van der Waals surface area (Å²) in [6.07, 6.45) is 10.2. The van der Waals surface area contributed by atoms with Gasteiger partial charge < -0.3 is 14.8 Å². The highest BCUT2D eigenvalue weighted by atomic mass is 16.1. The van der Waals surface area contributed by atoms with Gasteiger partial charge in [-0.05, 0) is 76.6 Å². The Morgan fingerprint density at radius 1 is 1.14 bits per heavy atom. The molecule has 28 heavy (non-hydrogen) atoms. The molecule has 0 aliphatic carbocycles. The number of amides is 1. The van der Waals surface area contributed by atoms with Gasteiger partial charge in [0.2, 0.25) is 5.91 Å². The molecule has 2 saturated heterocycles. The van der Waals surface area contributed by atoms with Gasteiger partial charge in [-0.2, -0.15) is 0 Å². The van der Waals surface area contributed by atoms with Gasteiger partial charge >= 0.3 is 0 Å². The van der Waals surface area contributed by atoms with Crippen molar-refractivity contribution in [2.24, 2.45) is 5.92 Å². The van der Waals surface area contributed by atoms with E-state index < -0.39 is 0 Å². The number of piperidine rings is 2. The number of aryl methyl sites for hydroxylation is 1. The third-order valence-corrected chi connectivity index (χ3v) is 6.79. The molecular formula is C24H35N3O. The number of hydrogen-bond donors (Lipinski definition) is 1. The lowest BCUT2D eigenvalue weighted by molar-refractivity contribution is -0.121. The van der Waals surface area contributed by atoms with E-state index in [0.29, 0.717) is 24.4 Å². The van der Waals surface area contributed by atoms with Crippen LogP contribution >= 0.6 is 0 Å². The third kappa shape index (κ3) is 4.12. The molecule has 4 nitrogen and oxygen atoms in total. The van der Waals surface area contributed by atoms with Crippen molar-refractivity contribution in [3.05, 3.63) is 36.0 Å². The van der Waals surface area contributed by atoms with Crippen LogP contribution < -0.4 is 5.32 Å². The van der Waals surface area contributed by atoms with Gasteiger partial charge in [-0.1, -0.05) is 24.6 Å². The van der Waals surface area contributed by atoms with Gasteiger partial charge in [-0.15, -0.1) is 0 Å². The molecule has 1 aromatic heterocycles. The summed E-state index contributed by atoms with van der Waals surface area (Å²) in [6, 6.07) is 9.68. The minimum Gasteiger partial charge on any atom is -0.356 e. The summed E-state index contributed by atoms with van der Waals surface area (Å²) in [5.41, 5.74) is 2.56. The van der Waals surface area contributed by atoms with E-state index in [4.69, 9.17) is 0 Å². The molecule has 1 amide bonds. The van der Waals surface area contributed by atoms with E-state index in [2.05, 4.69) is 59.1 Å². The number of carbonyl (C=O) groups is 1. The first-order chi connectivity index (χ1) is 13.6. The van der Waals surface area contributed by atoms with Crippen LogP contribution in [0.4, 0.5) is 0 Å². The Balaban J connectivity index is 1.33. The maximum atomic E-state index is 12.6. The maximum Gasteiger partial charge on any atom is 0.220 e. The lowest BCUT2D eigenvalue weighted by Gasteiger charge is -2.44. The highest BCUT2D eigenvalue weighted by Crippen LogP contribution is 2.30. The zero-order valence-electron chi connectivity index (χ0n) is 17.5. The molecule has 4 rings (SSSR count). The van der Waals surface area contributed by atoms with Crippen molar-refractivity contribution in [2.75, 3.05) is 19.6 Å². The van der Waals surface area contributed by atoms with Crippen molar-refractivity contribution in [3.8, 4) is 0 Å². The smallest absolute Gasteiger partial charge is 0.220 e. The molecule has 2 aliphatic rings. The third-order valence-electron chi connectivity index (χ3n) is 6.79. The van der Waals surface area contributed by atoms with Gasteiger partial charge in [0.15, 0.2) is 0 Å². The fraction of sp³-hybridized carbons (Fsp3) is 0.625. The molecule has 1 aromatic carbocycles. The van der Waals surface area contributed by atoms with Gasteiger partial charge in [-0.3, -0.25) is 4.79 Å². The van der Waals surface area contributed by atoms with E-state index in [9.17, 15) is 4.79 Å². The standard InChI is InChI=1S/C24H35N3O/c1-18(2)27-17-20(21-9-3-4-11-23(21)27)12-13-24(28)25-16-19-8-7-15-26-14-6-5-10-22(19)26/h3-4,9,11,17-19,22H,5-8,10,12-16H2,1-2H3,(H,25,28)/t19-,22+/m0/s1. The minimum absolute atomic E-state index is 0.203. The van der Waals surface area contributed by atoms with E-state index in [1.807, 2.05) is 0 Å². The van der Waals surface area contributed by atoms with Crippen molar-refractivity contribution in [2.45, 2.75) is 70.9 Å². The second-order valence-corrected chi connectivity index (χ2v) is 8.98. The largest absolute Gasteiger partial charge is 0.356 e. The molecule has 2 atom stereocenters. The first-order valence-electron chi connectivity index (χ1n) is 11.2. The Morgan fingerprint density at radius 3 is 2.82 bits per heavy atom. The summed E-state index contributed by atoms with van der Waals surface area (Å²) in [4.78, 5) is 15.2. The number of nitrogens with one attached hydrogen (secondary N) is 1. The SMILES string of the molecule is CC(C)n1cc(CCC(=O)NC[C@@H]2CCCN3CCCC[C@H]23)c2ccccc21. The monoisotopic (exact) mass is 381 g/mol. The Kier molecular flexibility index (Phi) is 6.05. The summed E-state index contributed by atoms with van der Waals surface area (Å²) in [6.45, 7) is 7.79.